The topological polar surface area (TPSA) is 18.5 Å². The van der Waals surface area contributed by atoms with Crippen molar-refractivity contribution in [2.45, 2.75) is 65.7 Å². The Labute approximate surface area is 170 Å². The predicted octanol–water partition coefficient (Wildman–Crippen LogP) is 7.66. The molecule has 0 amide bonds. The van der Waals surface area contributed by atoms with Crippen molar-refractivity contribution in [2.75, 3.05) is 13.2 Å². The lowest BCUT2D eigenvalue weighted by molar-refractivity contribution is 0.246. The third-order valence-electron chi connectivity index (χ3n) is 5.11. The summed E-state index contributed by atoms with van der Waals surface area (Å²) < 4.78 is 25.7. The summed E-state index contributed by atoms with van der Waals surface area (Å²) in [7, 11) is 0. The number of hydrogen-bond acceptors (Lipinski definition) is 2. The molecule has 0 radical (unpaired) electrons. The zero-order chi connectivity index (χ0) is 20.2. The zero-order valence-electron chi connectivity index (χ0n) is 17.7. The minimum absolute atomic E-state index is 0.316. The van der Waals surface area contributed by atoms with Gasteiger partial charge in [-0.25, -0.2) is 4.39 Å². The number of rotatable bonds is 13. The Bertz CT molecular complexity index is 681. The van der Waals surface area contributed by atoms with Crippen molar-refractivity contribution in [3.05, 3.63) is 48.3 Å². The van der Waals surface area contributed by atoms with Gasteiger partial charge in [-0.3, -0.25) is 0 Å². The lowest BCUT2D eigenvalue weighted by atomic mass is 10.1. The Morgan fingerprint density at radius 2 is 1.50 bits per heavy atom. The molecule has 2 rings (SSSR count). The molecule has 0 aliphatic rings. The van der Waals surface area contributed by atoms with Gasteiger partial charge in [-0.05, 0) is 47.7 Å². The Morgan fingerprint density at radius 3 is 2.18 bits per heavy atom. The standard InChI is InChI=1S/C25H35FO2/c1-4-6-7-8-9-10-17-27-23-14-11-21(12-15-23)22-13-16-25(24(26)18-22)28-19-20(3)5-2/h11-16,18,20H,4-10,17,19H2,1-3H3/t20-/m0/s1. The van der Waals surface area contributed by atoms with Gasteiger partial charge in [0.2, 0.25) is 0 Å². The van der Waals surface area contributed by atoms with Crippen LogP contribution in [-0.4, -0.2) is 13.2 Å². The molecule has 28 heavy (non-hydrogen) atoms. The molecule has 0 aliphatic carbocycles. The van der Waals surface area contributed by atoms with Gasteiger partial charge >= 0.3 is 0 Å². The van der Waals surface area contributed by atoms with Crippen LogP contribution in [0.5, 0.6) is 11.5 Å². The van der Waals surface area contributed by atoms with Crippen molar-refractivity contribution in [1.29, 1.82) is 0 Å². The van der Waals surface area contributed by atoms with Crippen LogP contribution in [0.2, 0.25) is 0 Å². The van der Waals surface area contributed by atoms with Crippen molar-refractivity contribution in [3.63, 3.8) is 0 Å². The fraction of sp³-hybridized carbons (Fsp3) is 0.520. The fourth-order valence-electron chi connectivity index (χ4n) is 2.96. The molecule has 0 saturated carbocycles. The third kappa shape index (κ3) is 7.53. The lowest BCUT2D eigenvalue weighted by Gasteiger charge is -2.12. The van der Waals surface area contributed by atoms with Gasteiger partial charge in [-0.2, -0.15) is 0 Å². The quantitative estimate of drug-likeness (QED) is 0.329. The van der Waals surface area contributed by atoms with E-state index in [0.29, 0.717) is 18.3 Å². The van der Waals surface area contributed by atoms with Gasteiger partial charge in [0.15, 0.2) is 11.6 Å². The molecule has 2 nitrogen and oxygen atoms in total. The lowest BCUT2D eigenvalue weighted by Crippen LogP contribution is -2.08. The number of halogens is 1. The Kier molecular flexibility index (Phi) is 9.88. The van der Waals surface area contributed by atoms with Gasteiger partial charge in [0.1, 0.15) is 5.75 Å². The molecular formula is C25H35FO2. The first kappa shape index (κ1) is 22.3. The van der Waals surface area contributed by atoms with E-state index in [1.807, 2.05) is 30.3 Å². The molecule has 2 aromatic rings. The molecule has 1 atom stereocenters. The van der Waals surface area contributed by atoms with E-state index in [-0.39, 0.29) is 5.82 Å². The molecule has 0 fully saturated rings. The van der Waals surface area contributed by atoms with Gasteiger partial charge in [0, 0.05) is 0 Å². The van der Waals surface area contributed by atoms with Crippen LogP contribution < -0.4 is 9.47 Å². The molecule has 0 aliphatic heterocycles. The third-order valence-corrected chi connectivity index (χ3v) is 5.11. The summed E-state index contributed by atoms with van der Waals surface area (Å²) in [5.41, 5.74) is 1.81. The van der Waals surface area contributed by atoms with Crippen LogP contribution in [-0.2, 0) is 0 Å². The molecule has 154 valence electrons. The minimum atomic E-state index is -0.316. The molecular weight excluding hydrogens is 351 g/mol. The van der Waals surface area contributed by atoms with Gasteiger partial charge in [-0.1, -0.05) is 77.5 Å². The minimum Gasteiger partial charge on any atom is -0.494 e. The summed E-state index contributed by atoms with van der Waals surface area (Å²) >= 11 is 0. The van der Waals surface area contributed by atoms with Crippen LogP contribution in [0.3, 0.4) is 0 Å². The van der Waals surface area contributed by atoms with Crippen LogP contribution in [0.4, 0.5) is 4.39 Å². The molecule has 0 bridgehead atoms. The first-order valence-corrected chi connectivity index (χ1v) is 10.8. The van der Waals surface area contributed by atoms with Crippen LogP contribution >= 0.6 is 0 Å². The highest BCUT2D eigenvalue weighted by atomic mass is 19.1. The highest BCUT2D eigenvalue weighted by Crippen LogP contribution is 2.27. The second-order valence-corrected chi connectivity index (χ2v) is 7.61. The number of unbranched alkanes of at least 4 members (excludes halogenated alkanes) is 5. The number of ether oxygens (including phenoxy) is 2. The van der Waals surface area contributed by atoms with E-state index in [0.717, 1.165) is 36.3 Å². The number of benzene rings is 2. The SMILES string of the molecule is CCCCCCCCOc1ccc(-c2ccc(OC[C@@H](C)CC)c(F)c2)cc1. The summed E-state index contributed by atoms with van der Waals surface area (Å²) in [4.78, 5) is 0. The average Bonchev–Trinajstić information content (AvgIpc) is 2.72. The maximum atomic E-state index is 14.3. The van der Waals surface area contributed by atoms with Crippen LogP contribution in [0.25, 0.3) is 11.1 Å². The molecule has 0 unspecified atom stereocenters. The Morgan fingerprint density at radius 1 is 0.821 bits per heavy atom. The molecule has 0 heterocycles. The van der Waals surface area contributed by atoms with Crippen molar-refractivity contribution in [2.24, 2.45) is 5.92 Å². The van der Waals surface area contributed by atoms with Gasteiger partial charge in [0.05, 0.1) is 13.2 Å². The van der Waals surface area contributed by atoms with Gasteiger partial charge in [-0.15, -0.1) is 0 Å². The van der Waals surface area contributed by atoms with Gasteiger partial charge in [0.25, 0.3) is 0 Å². The van der Waals surface area contributed by atoms with E-state index in [2.05, 4.69) is 20.8 Å². The Hall–Kier alpha value is -2.03. The van der Waals surface area contributed by atoms with E-state index in [1.54, 1.807) is 6.07 Å². The van der Waals surface area contributed by atoms with Gasteiger partial charge < -0.3 is 9.47 Å². The molecule has 2 aromatic carbocycles. The maximum absolute atomic E-state index is 14.3. The normalized spacial score (nSPS) is 12.0. The van der Waals surface area contributed by atoms with E-state index < -0.39 is 0 Å². The van der Waals surface area contributed by atoms with Crippen molar-refractivity contribution in [1.82, 2.24) is 0 Å². The second kappa shape index (κ2) is 12.4. The van der Waals surface area contributed by atoms with E-state index in [9.17, 15) is 4.39 Å². The molecule has 0 N–H and O–H groups in total. The Balaban J connectivity index is 1.83. The fourth-order valence-corrected chi connectivity index (χ4v) is 2.96. The monoisotopic (exact) mass is 386 g/mol. The molecule has 3 heteroatoms. The van der Waals surface area contributed by atoms with E-state index in [1.165, 1.54) is 38.2 Å². The summed E-state index contributed by atoms with van der Waals surface area (Å²) in [6, 6.07) is 13.0. The maximum Gasteiger partial charge on any atom is 0.165 e. The summed E-state index contributed by atoms with van der Waals surface area (Å²) in [5.74, 6) is 1.29. The highest BCUT2D eigenvalue weighted by Gasteiger charge is 2.08. The van der Waals surface area contributed by atoms with E-state index >= 15 is 0 Å². The summed E-state index contributed by atoms with van der Waals surface area (Å²) in [5, 5.41) is 0. The first-order chi connectivity index (χ1) is 13.6. The summed E-state index contributed by atoms with van der Waals surface area (Å²) in [6.07, 6.45) is 8.56. The number of hydrogen-bond donors (Lipinski definition) is 0. The average molecular weight is 387 g/mol. The predicted molar refractivity (Wildman–Crippen MR) is 116 cm³/mol. The van der Waals surface area contributed by atoms with Crippen molar-refractivity contribution in [3.8, 4) is 22.6 Å². The van der Waals surface area contributed by atoms with Crippen molar-refractivity contribution < 1.29 is 13.9 Å². The zero-order valence-corrected chi connectivity index (χ0v) is 17.7. The highest BCUT2D eigenvalue weighted by molar-refractivity contribution is 5.65. The smallest absolute Gasteiger partial charge is 0.165 e. The molecule has 0 spiro atoms. The van der Waals surface area contributed by atoms with Crippen LogP contribution in [0, 0.1) is 11.7 Å². The van der Waals surface area contributed by atoms with Crippen molar-refractivity contribution >= 4 is 0 Å². The van der Waals surface area contributed by atoms with E-state index in [4.69, 9.17) is 9.47 Å². The second-order valence-electron chi connectivity index (χ2n) is 7.61. The van der Waals surface area contributed by atoms with Crippen LogP contribution in [0.15, 0.2) is 42.5 Å². The summed E-state index contributed by atoms with van der Waals surface area (Å²) in [6.45, 7) is 7.73. The molecule has 0 aromatic heterocycles. The largest absolute Gasteiger partial charge is 0.494 e. The molecule has 0 saturated heterocycles. The van der Waals surface area contributed by atoms with Crippen LogP contribution in [0.1, 0.15) is 65.7 Å². The first-order valence-electron chi connectivity index (χ1n) is 10.8.